The Morgan fingerprint density at radius 3 is 2.64 bits per heavy atom. The summed E-state index contributed by atoms with van der Waals surface area (Å²) in [5, 5.41) is 3.25. The topological polar surface area (TPSA) is 69.7 Å². The van der Waals surface area contributed by atoms with E-state index in [1.165, 1.54) is 4.90 Å². The Hall–Kier alpha value is -1.92. The van der Waals surface area contributed by atoms with E-state index in [1.807, 2.05) is 18.7 Å². The third kappa shape index (κ3) is 3.55. The van der Waals surface area contributed by atoms with Crippen molar-refractivity contribution in [2.75, 3.05) is 26.2 Å². The van der Waals surface area contributed by atoms with Crippen LogP contribution in [0.1, 0.15) is 57.8 Å². The molecule has 0 aromatic heterocycles. The maximum Gasteiger partial charge on any atom is 0.261 e. The third-order valence-electron chi connectivity index (χ3n) is 4.72. The summed E-state index contributed by atoms with van der Waals surface area (Å²) in [5.41, 5.74) is 1.23. The number of piperazine rings is 1. The summed E-state index contributed by atoms with van der Waals surface area (Å²) < 4.78 is 0. The number of rotatable bonds is 4. The molecule has 1 fully saturated rings. The van der Waals surface area contributed by atoms with Gasteiger partial charge in [0.05, 0.1) is 11.1 Å². The molecule has 2 aliphatic rings. The molecule has 2 aliphatic heterocycles. The molecule has 1 aromatic rings. The number of amides is 3. The van der Waals surface area contributed by atoms with Crippen molar-refractivity contribution in [2.45, 2.75) is 32.7 Å². The van der Waals surface area contributed by atoms with Crippen LogP contribution in [-0.2, 0) is 0 Å². The Bertz CT molecular complexity index is 692. The second-order valence-electron chi connectivity index (χ2n) is 6.43. The van der Waals surface area contributed by atoms with Crippen molar-refractivity contribution in [3.05, 3.63) is 34.9 Å². The quantitative estimate of drug-likeness (QED) is 0.828. The van der Waals surface area contributed by atoms with Crippen molar-refractivity contribution in [1.82, 2.24) is 15.1 Å². The van der Waals surface area contributed by atoms with Crippen LogP contribution in [0.5, 0.6) is 0 Å². The Balaban J connectivity index is 0.00000225. The highest BCUT2D eigenvalue weighted by molar-refractivity contribution is 6.22. The van der Waals surface area contributed by atoms with E-state index in [0.717, 1.165) is 25.9 Å². The highest BCUT2D eigenvalue weighted by atomic mass is 35.5. The van der Waals surface area contributed by atoms with E-state index >= 15 is 0 Å². The van der Waals surface area contributed by atoms with Crippen LogP contribution in [0.4, 0.5) is 0 Å². The molecular formula is C18H24ClN3O3. The van der Waals surface area contributed by atoms with Gasteiger partial charge in [0, 0.05) is 37.8 Å². The van der Waals surface area contributed by atoms with Gasteiger partial charge in [0.1, 0.15) is 0 Å². The van der Waals surface area contributed by atoms with Gasteiger partial charge in [-0.2, -0.15) is 0 Å². The summed E-state index contributed by atoms with van der Waals surface area (Å²) in [6.07, 6.45) is 1.70. The van der Waals surface area contributed by atoms with Crippen molar-refractivity contribution >= 4 is 30.1 Å². The molecular weight excluding hydrogens is 342 g/mol. The number of carbonyl (C=O) groups is 3. The van der Waals surface area contributed by atoms with Crippen molar-refractivity contribution in [3.8, 4) is 0 Å². The fraction of sp³-hybridized carbons (Fsp3) is 0.500. The minimum Gasteiger partial charge on any atom is -0.333 e. The highest BCUT2D eigenvalue weighted by Gasteiger charge is 2.36. The van der Waals surface area contributed by atoms with Gasteiger partial charge in [-0.3, -0.25) is 19.3 Å². The molecule has 1 N–H and O–H groups in total. The van der Waals surface area contributed by atoms with E-state index in [4.69, 9.17) is 0 Å². The van der Waals surface area contributed by atoms with E-state index in [9.17, 15) is 14.4 Å². The predicted octanol–water partition coefficient (Wildman–Crippen LogP) is 1.94. The number of fused-ring (bicyclic) bond motifs is 1. The summed E-state index contributed by atoms with van der Waals surface area (Å²) in [5.74, 6) is -0.622. The highest BCUT2D eigenvalue weighted by Crippen LogP contribution is 2.25. The summed E-state index contributed by atoms with van der Waals surface area (Å²) in [4.78, 5) is 40.7. The molecule has 136 valence electrons. The lowest BCUT2D eigenvalue weighted by atomic mass is 10.0. The van der Waals surface area contributed by atoms with Crippen molar-refractivity contribution < 1.29 is 14.4 Å². The molecule has 25 heavy (non-hydrogen) atoms. The molecule has 1 aromatic carbocycles. The van der Waals surface area contributed by atoms with E-state index in [1.54, 1.807) is 18.2 Å². The number of nitrogens with one attached hydrogen (secondary N) is 1. The van der Waals surface area contributed by atoms with Crippen LogP contribution in [0, 0.1) is 0 Å². The number of hydrogen-bond donors (Lipinski definition) is 1. The first-order valence-electron chi connectivity index (χ1n) is 8.56. The summed E-state index contributed by atoms with van der Waals surface area (Å²) in [7, 11) is 0. The zero-order valence-corrected chi connectivity index (χ0v) is 15.4. The lowest BCUT2D eigenvalue weighted by molar-refractivity contribution is 0.0646. The molecule has 0 radical (unpaired) electrons. The van der Waals surface area contributed by atoms with E-state index in [2.05, 4.69) is 5.32 Å². The molecule has 1 unspecified atom stereocenters. The van der Waals surface area contributed by atoms with E-state index in [0.29, 0.717) is 29.8 Å². The van der Waals surface area contributed by atoms with Gasteiger partial charge in [-0.25, -0.2) is 0 Å². The van der Waals surface area contributed by atoms with Gasteiger partial charge < -0.3 is 10.2 Å². The molecule has 3 rings (SSSR count). The van der Waals surface area contributed by atoms with Crippen LogP contribution in [-0.4, -0.2) is 59.7 Å². The Kier molecular flexibility index (Phi) is 6.19. The Morgan fingerprint density at radius 1 is 1.24 bits per heavy atom. The Labute approximate surface area is 154 Å². The van der Waals surface area contributed by atoms with Crippen molar-refractivity contribution in [1.29, 1.82) is 0 Å². The molecule has 7 heteroatoms. The van der Waals surface area contributed by atoms with Crippen LogP contribution < -0.4 is 5.32 Å². The van der Waals surface area contributed by atoms with Crippen molar-refractivity contribution in [3.63, 3.8) is 0 Å². The number of hydrogen-bond acceptors (Lipinski definition) is 4. The van der Waals surface area contributed by atoms with Gasteiger partial charge in [-0.15, -0.1) is 12.4 Å². The maximum absolute atomic E-state index is 12.7. The standard InChI is InChI=1S/C18H23N3O3.ClH/c1-3-4-8-21-17(23)14-6-5-13(10-15(14)18(21)24)16(22)20-9-7-19-11-12(20)2;/h5-6,10,12,19H,3-4,7-9,11H2,1-2H3;1H. The van der Waals surface area contributed by atoms with Gasteiger partial charge in [0.15, 0.2) is 0 Å². The number of nitrogens with zero attached hydrogens (tertiary/aromatic N) is 2. The first-order valence-corrected chi connectivity index (χ1v) is 8.56. The van der Waals surface area contributed by atoms with E-state index in [-0.39, 0.29) is 36.2 Å². The molecule has 1 saturated heterocycles. The van der Waals surface area contributed by atoms with Crippen LogP contribution in [0.15, 0.2) is 18.2 Å². The first kappa shape index (κ1) is 19.4. The molecule has 0 aliphatic carbocycles. The summed E-state index contributed by atoms with van der Waals surface area (Å²) in [6.45, 7) is 6.62. The van der Waals surface area contributed by atoms with Gasteiger partial charge in [0.25, 0.3) is 17.7 Å². The van der Waals surface area contributed by atoms with Crippen LogP contribution in [0.3, 0.4) is 0 Å². The number of imide groups is 1. The predicted molar refractivity (Wildman–Crippen MR) is 97.3 cm³/mol. The SMILES string of the molecule is CCCCN1C(=O)c2ccc(C(=O)N3CCNCC3C)cc2C1=O.Cl. The molecule has 6 nitrogen and oxygen atoms in total. The smallest absolute Gasteiger partial charge is 0.261 e. The Morgan fingerprint density at radius 2 is 1.96 bits per heavy atom. The normalized spacial score (nSPS) is 19.7. The lowest BCUT2D eigenvalue weighted by Gasteiger charge is -2.34. The van der Waals surface area contributed by atoms with Gasteiger partial charge in [-0.05, 0) is 31.5 Å². The average Bonchev–Trinajstić information content (AvgIpc) is 2.83. The second kappa shape index (κ2) is 7.97. The number of unbranched alkanes of at least 4 members (excludes halogenated alkanes) is 1. The number of benzene rings is 1. The third-order valence-corrected chi connectivity index (χ3v) is 4.72. The van der Waals surface area contributed by atoms with Gasteiger partial charge in [0.2, 0.25) is 0 Å². The van der Waals surface area contributed by atoms with Crippen molar-refractivity contribution in [2.24, 2.45) is 0 Å². The zero-order chi connectivity index (χ0) is 17.3. The maximum atomic E-state index is 12.7. The van der Waals surface area contributed by atoms with E-state index < -0.39 is 0 Å². The summed E-state index contributed by atoms with van der Waals surface area (Å²) >= 11 is 0. The number of halogens is 1. The minimum absolute atomic E-state index is 0. The first-order chi connectivity index (χ1) is 11.5. The zero-order valence-electron chi connectivity index (χ0n) is 14.6. The monoisotopic (exact) mass is 365 g/mol. The molecule has 3 amide bonds. The lowest BCUT2D eigenvalue weighted by Crippen LogP contribution is -2.52. The second-order valence-corrected chi connectivity index (χ2v) is 6.43. The van der Waals surface area contributed by atoms with Gasteiger partial charge in [-0.1, -0.05) is 13.3 Å². The minimum atomic E-state index is -0.286. The molecule has 1 atom stereocenters. The fourth-order valence-electron chi connectivity index (χ4n) is 3.25. The molecule has 0 bridgehead atoms. The summed E-state index contributed by atoms with van der Waals surface area (Å²) in [6, 6.07) is 4.96. The largest absolute Gasteiger partial charge is 0.333 e. The molecule has 2 heterocycles. The molecule has 0 saturated carbocycles. The number of carbonyl (C=O) groups excluding carboxylic acids is 3. The molecule has 0 spiro atoms. The van der Waals surface area contributed by atoms with Crippen LogP contribution in [0.2, 0.25) is 0 Å². The van der Waals surface area contributed by atoms with Crippen LogP contribution in [0.25, 0.3) is 0 Å². The van der Waals surface area contributed by atoms with Gasteiger partial charge >= 0.3 is 0 Å². The fourth-order valence-corrected chi connectivity index (χ4v) is 3.25. The van der Waals surface area contributed by atoms with Crippen LogP contribution >= 0.6 is 12.4 Å². The average molecular weight is 366 g/mol.